The van der Waals surface area contributed by atoms with Gasteiger partial charge in [0.05, 0.1) is 5.56 Å². The highest BCUT2D eigenvalue weighted by atomic mass is 16.4. The van der Waals surface area contributed by atoms with Crippen molar-refractivity contribution in [1.29, 1.82) is 0 Å². The Morgan fingerprint density at radius 2 is 1.83 bits per heavy atom. The topological polar surface area (TPSA) is 50.2 Å². The van der Waals surface area contributed by atoms with Gasteiger partial charge in [-0.2, -0.15) is 0 Å². The Morgan fingerprint density at radius 1 is 1.03 bits per heavy atom. The van der Waals surface area contributed by atoms with Crippen molar-refractivity contribution in [3.05, 3.63) is 29.6 Å². The normalized spacial score (nSPS) is 40.8. The van der Waals surface area contributed by atoms with E-state index in [0.717, 1.165) is 53.4 Å². The third-order valence-electron chi connectivity index (χ3n) is 12.4. The molecule has 1 heterocycles. The van der Waals surface area contributed by atoms with Gasteiger partial charge in [-0.25, -0.2) is 4.79 Å². The summed E-state index contributed by atoms with van der Waals surface area (Å²) in [6.07, 6.45) is 19.8. The van der Waals surface area contributed by atoms with Crippen LogP contribution >= 0.6 is 0 Å². The van der Waals surface area contributed by atoms with Crippen LogP contribution in [0.25, 0.3) is 0 Å². The maximum Gasteiger partial charge on any atom is 0.336 e. The van der Waals surface area contributed by atoms with Gasteiger partial charge in [0.1, 0.15) is 0 Å². The number of hydrogen-bond acceptors (Lipinski definition) is 2. The molecule has 5 rings (SSSR count). The Bertz CT molecular complexity index is 941. The van der Waals surface area contributed by atoms with Crippen molar-refractivity contribution in [3.8, 4) is 0 Å². The number of hydrogen-bond donors (Lipinski definition) is 1. The molecule has 2 unspecified atom stereocenters. The minimum Gasteiger partial charge on any atom is -0.478 e. The quantitative estimate of drug-likeness (QED) is 0.412. The summed E-state index contributed by atoms with van der Waals surface area (Å²) in [5.41, 5.74) is 2.23. The molecule has 0 amide bonds. The Morgan fingerprint density at radius 3 is 2.58 bits per heavy atom. The monoisotopic (exact) mass is 493 g/mol. The molecule has 9 atom stereocenters. The van der Waals surface area contributed by atoms with Crippen LogP contribution in [0.5, 0.6) is 0 Å². The van der Waals surface area contributed by atoms with Crippen molar-refractivity contribution in [2.75, 3.05) is 0 Å². The van der Waals surface area contributed by atoms with Gasteiger partial charge in [-0.3, -0.25) is 4.98 Å². The van der Waals surface area contributed by atoms with Crippen molar-refractivity contribution < 1.29 is 9.90 Å². The largest absolute Gasteiger partial charge is 0.478 e. The summed E-state index contributed by atoms with van der Waals surface area (Å²) in [7, 11) is 0. The molecule has 36 heavy (non-hydrogen) atoms. The van der Waals surface area contributed by atoms with Gasteiger partial charge < -0.3 is 5.11 Å². The molecular weight excluding hydrogens is 442 g/mol. The first-order valence-electron chi connectivity index (χ1n) is 15.3. The van der Waals surface area contributed by atoms with E-state index in [0.29, 0.717) is 16.9 Å². The zero-order valence-electron chi connectivity index (χ0n) is 23.6. The second kappa shape index (κ2) is 10.1. The van der Waals surface area contributed by atoms with Crippen molar-refractivity contribution in [2.45, 2.75) is 118 Å². The second-order valence-corrected chi connectivity index (χ2v) is 14.3. The third-order valence-corrected chi connectivity index (χ3v) is 12.4. The summed E-state index contributed by atoms with van der Waals surface area (Å²) in [6.45, 7) is 12.6. The van der Waals surface area contributed by atoms with Gasteiger partial charge in [0.2, 0.25) is 0 Å². The lowest BCUT2D eigenvalue weighted by Gasteiger charge is -2.63. The van der Waals surface area contributed by atoms with E-state index in [4.69, 9.17) is 0 Å². The lowest BCUT2D eigenvalue weighted by Crippen LogP contribution is -2.55. The van der Waals surface area contributed by atoms with Crippen LogP contribution in [-0.4, -0.2) is 16.1 Å². The fourth-order valence-electron chi connectivity index (χ4n) is 10.7. The molecule has 1 aromatic rings. The Labute approximate surface area is 220 Å². The van der Waals surface area contributed by atoms with Crippen molar-refractivity contribution in [2.24, 2.45) is 52.3 Å². The van der Waals surface area contributed by atoms with E-state index in [2.05, 4.69) is 39.6 Å². The van der Waals surface area contributed by atoms with Gasteiger partial charge in [0.25, 0.3) is 0 Å². The highest BCUT2D eigenvalue weighted by Gasteiger charge is 2.62. The first-order valence-corrected chi connectivity index (χ1v) is 15.3. The van der Waals surface area contributed by atoms with Crippen LogP contribution in [0.15, 0.2) is 18.5 Å². The summed E-state index contributed by atoms with van der Waals surface area (Å²) in [4.78, 5) is 16.6. The van der Waals surface area contributed by atoms with Crippen LogP contribution in [-0.2, 0) is 0 Å². The predicted molar refractivity (Wildman–Crippen MR) is 147 cm³/mol. The minimum absolute atomic E-state index is 0.205. The molecule has 4 aliphatic rings. The number of fused-ring (bicyclic) bond motifs is 5. The number of pyridine rings is 1. The first kappa shape index (κ1) is 26.2. The van der Waals surface area contributed by atoms with E-state index >= 15 is 0 Å². The highest BCUT2D eigenvalue weighted by molar-refractivity contribution is 5.89. The summed E-state index contributed by atoms with van der Waals surface area (Å²) >= 11 is 0. The van der Waals surface area contributed by atoms with Crippen LogP contribution < -0.4 is 0 Å². The fraction of sp³-hybridized carbons (Fsp3) is 0.818. The van der Waals surface area contributed by atoms with E-state index in [1.165, 1.54) is 70.6 Å². The molecule has 1 aromatic heterocycles. The van der Waals surface area contributed by atoms with E-state index in [9.17, 15) is 9.90 Å². The lowest BCUT2D eigenvalue weighted by atomic mass is 9.41. The summed E-state index contributed by atoms with van der Waals surface area (Å²) < 4.78 is 0. The Balaban J connectivity index is 1.41. The van der Waals surface area contributed by atoms with E-state index < -0.39 is 5.97 Å². The maximum atomic E-state index is 12.2. The summed E-state index contributed by atoms with van der Waals surface area (Å²) in [6, 6.07) is 1.74. The molecule has 3 nitrogen and oxygen atoms in total. The van der Waals surface area contributed by atoms with Gasteiger partial charge in [0.15, 0.2) is 0 Å². The van der Waals surface area contributed by atoms with Gasteiger partial charge in [-0.1, -0.05) is 60.3 Å². The smallest absolute Gasteiger partial charge is 0.336 e. The average Bonchev–Trinajstić information content (AvgIpc) is 3.20. The molecule has 4 aliphatic carbocycles. The van der Waals surface area contributed by atoms with E-state index in [-0.39, 0.29) is 5.41 Å². The summed E-state index contributed by atoms with van der Waals surface area (Å²) in [5.74, 6) is 5.25. The molecule has 0 bridgehead atoms. The van der Waals surface area contributed by atoms with Gasteiger partial charge in [-0.05, 0) is 121 Å². The molecule has 0 aliphatic heterocycles. The Kier molecular flexibility index (Phi) is 7.33. The van der Waals surface area contributed by atoms with Crippen molar-refractivity contribution in [1.82, 2.24) is 4.98 Å². The maximum absolute atomic E-state index is 12.2. The predicted octanol–water partition coefficient (Wildman–Crippen LogP) is 8.98. The molecule has 1 N–H and O–H groups in total. The molecule has 0 saturated heterocycles. The Hall–Kier alpha value is -1.38. The van der Waals surface area contributed by atoms with Gasteiger partial charge in [-0.15, -0.1) is 0 Å². The number of carbonyl (C=O) groups is 1. The standard InChI is InChI=1S/C33H51NO2/c1-21(2)8-6-9-22(3)27-14-15-28-25-13-12-23-10-7-11-29(26-20-34-19-17-24(26)31(35)36)33(23,5)30(25)16-18-32(27,28)4/h17,19-23,25,27-30H,6-16,18H2,1-5H3,(H,35,36)/t22-,23?,25+,27-,28+,29?,30+,32-,33-/m1/s1. The van der Waals surface area contributed by atoms with Gasteiger partial charge in [0, 0.05) is 12.4 Å². The number of rotatable bonds is 7. The molecule has 3 heteroatoms. The van der Waals surface area contributed by atoms with E-state index in [1.54, 1.807) is 12.3 Å². The SMILES string of the molecule is CC(C)CCC[C@@H](C)[C@H]1CC[C@H]2[C@@H]3CCC4CCCC(c5cnccc5C(=O)O)[C@]4(C)[C@H]3CC[C@]12C. The number of carboxylic acid groups (broad SMARTS) is 1. The van der Waals surface area contributed by atoms with Crippen molar-refractivity contribution in [3.63, 3.8) is 0 Å². The van der Waals surface area contributed by atoms with Crippen LogP contribution in [0, 0.1) is 52.3 Å². The third kappa shape index (κ3) is 4.25. The average molecular weight is 494 g/mol. The van der Waals surface area contributed by atoms with Crippen LogP contribution in [0.2, 0.25) is 0 Å². The minimum atomic E-state index is -0.785. The zero-order chi connectivity index (χ0) is 25.7. The summed E-state index contributed by atoms with van der Waals surface area (Å²) in [5, 5.41) is 10.0. The fourth-order valence-corrected chi connectivity index (χ4v) is 10.7. The van der Waals surface area contributed by atoms with Crippen LogP contribution in [0.1, 0.15) is 134 Å². The van der Waals surface area contributed by atoms with Crippen LogP contribution in [0.3, 0.4) is 0 Å². The number of carboxylic acids is 1. The molecule has 200 valence electrons. The van der Waals surface area contributed by atoms with Gasteiger partial charge >= 0.3 is 5.97 Å². The second-order valence-electron chi connectivity index (χ2n) is 14.3. The lowest BCUT2D eigenvalue weighted by molar-refractivity contribution is -0.124. The molecular formula is C33H51NO2. The number of aromatic carboxylic acids is 1. The van der Waals surface area contributed by atoms with Crippen LogP contribution in [0.4, 0.5) is 0 Å². The molecule has 0 radical (unpaired) electrons. The molecule has 0 aromatic carbocycles. The molecule has 4 saturated carbocycles. The first-order chi connectivity index (χ1) is 17.2. The number of nitrogens with zero attached hydrogens (tertiary/aromatic N) is 1. The zero-order valence-corrected chi connectivity index (χ0v) is 23.6. The highest BCUT2D eigenvalue weighted by Crippen LogP contribution is 2.70. The van der Waals surface area contributed by atoms with E-state index in [1.807, 2.05) is 6.20 Å². The number of aromatic nitrogens is 1. The molecule has 0 spiro atoms. The van der Waals surface area contributed by atoms with Crippen molar-refractivity contribution >= 4 is 5.97 Å². The molecule has 4 fully saturated rings.